The van der Waals surface area contributed by atoms with E-state index in [2.05, 4.69) is 65.2 Å². The number of nitrogens with one attached hydrogen (secondary N) is 2. The average Bonchev–Trinajstić information content (AvgIpc) is 3.08. The zero-order valence-corrected chi connectivity index (χ0v) is 11.8. The average molecular weight is 270 g/mol. The maximum absolute atomic E-state index is 3.58. The summed E-state index contributed by atoms with van der Waals surface area (Å²) < 4.78 is 0. The molecule has 0 radical (unpaired) electrons. The third-order valence-corrected chi connectivity index (χ3v) is 4.54. The highest BCUT2D eigenvalue weighted by Crippen LogP contribution is 2.20. The van der Waals surface area contributed by atoms with Crippen molar-refractivity contribution in [3.63, 3.8) is 0 Å². The number of H-pyrrole nitrogens is 1. The minimum atomic E-state index is 0.435. The van der Waals surface area contributed by atoms with Crippen molar-refractivity contribution in [3.05, 3.63) is 58.4 Å². The van der Waals surface area contributed by atoms with Crippen LogP contribution in [0.1, 0.15) is 23.4 Å². The number of para-hydroxylation sites is 1. The quantitative estimate of drug-likeness (QED) is 0.717. The molecule has 0 fully saturated rings. The van der Waals surface area contributed by atoms with Crippen molar-refractivity contribution in [2.75, 3.05) is 6.54 Å². The molecule has 19 heavy (non-hydrogen) atoms. The van der Waals surface area contributed by atoms with Crippen molar-refractivity contribution in [2.24, 2.45) is 0 Å². The first-order valence-electron chi connectivity index (χ1n) is 6.66. The summed E-state index contributed by atoms with van der Waals surface area (Å²) in [5.74, 6) is 0. The molecule has 0 amide bonds. The molecule has 2 aromatic heterocycles. The van der Waals surface area contributed by atoms with Gasteiger partial charge < -0.3 is 10.3 Å². The largest absolute Gasteiger partial charge is 0.361 e. The van der Waals surface area contributed by atoms with Gasteiger partial charge in [-0.05, 0) is 43.0 Å². The molecular formula is C16H18N2S. The van der Waals surface area contributed by atoms with E-state index in [1.165, 1.54) is 21.3 Å². The van der Waals surface area contributed by atoms with Crippen LogP contribution in [0.25, 0.3) is 10.9 Å². The molecule has 1 aromatic carbocycles. The van der Waals surface area contributed by atoms with Crippen molar-refractivity contribution in [2.45, 2.75) is 19.4 Å². The number of aromatic nitrogens is 1. The Kier molecular flexibility index (Phi) is 3.67. The highest BCUT2D eigenvalue weighted by Gasteiger charge is 2.06. The predicted molar refractivity (Wildman–Crippen MR) is 82.7 cm³/mol. The lowest BCUT2D eigenvalue weighted by molar-refractivity contribution is 0.585. The number of benzene rings is 1. The summed E-state index contributed by atoms with van der Waals surface area (Å²) in [4.78, 5) is 4.73. The molecule has 98 valence electrons. The van der Waals surface area contributed by atoms with E-state index < -0.39 is 0 Å². The molecule has 3 aromatic rings. The Morgan fingerprint density at radius 2 is 2.11 bits per heavy atom. The first-order valence-corrected chi connectivity index (χ1v) is 7.54. The molecule has 3 heteroatoms. The van der Waals surface area contributed by atoms with E-state index in [1.807, 2.05) is 11.3 Å². The molecule has 1 unspecified atom stereocenters. The summed E-state index contributed by atoms with van der Waals surface area (Å²) in [6.45, 7) is 3.22. The van der Waals surface area contributed by atoms with Crippen LogP contribution in [0.3, 0.4) is 0 Å². The van der Waals surface area contributed by atoms with E-state index in [4.69, 9.17) is 0 Å². The summed E-state index contributed by atoms with van der Waals surface area (Å²) in [6, 6.07) is 13.2. The lowest BCUT2D eigenvalue weighted by atomic mass is 10.1. The maximum atomic E-state index is 3.58. The summed E-state index contributed by atoms with van der Waals surface area (Å²) in [5, 5.41) is 7.06. The van der Waals surface area contributed by atoms with Crippen molar-refractivity contribution < 1.29 is 0 Å². The van der Waals surface area contributed by atoms with Crippen LogP contribution in [0.5, 0.6) is 0 Å². The molecule has 0 bridgehead atoms. The van der Waals surface area contributed by atoms with E-state index in [0.29, 0.717) is 6.04 Å². The Balaban J connectivity index is 1.61. The SMILES string of the molecule is CC(NCCc1c[nH]c2ccccc12)c1cccs1. The zero-order valence-electron chi connectivity index (χ0n) is 11.0. The predicted octanol–water partition coefficient (Wildman–Crippen LogP) is 4.12. The summed E-state index contributed by atoms with van der Waals surface area (Å²) in [7, 11) is 0. The Hall–Kier alpha value is -1.58. The van der Waals surface area contributed by atoms with Gasteiger partial charge in [0.1, 0.15) is 0 Å². The number of rotatable bonds is 5. The van der Waals surface area contributed by atoms with Gasteiger partial charge in [0, 0.05) is 28.0 Å². The van der Waals surface area contributed by atoms with Crippen LogP contribution < -0.4 is 5.32 Å². The minimum Gasteiger partial charge on any atom is -0.361 e. The van der Waals surface area contributed by atoms with Crippen molar-refractivity contribution in [3.8, 4) is 0 Å². The van der Waals surface area contributed by atoms with E-state index in [9.17, 15) is 0 Å². The summed E-state index contributed by atoms with van der Waals surface area (Å²) in [5.41, 5.74) is 2.62. The van der Waals surface area contributed by atoms with Crippen LogP contribution in [-0.2, 0) is 6.42 Å². The molecule has 0 aliphatic rings. The highest BCUT2D eigenvalue weighted by atomic mass is 32.1. The summed E-state index contributed by atoms with van der Waals surface area (Å²) >= 11 is 1.81. The van der Waals surface area contributed by atoms with Crippen LogP contribution >= 0.6 is 11.3 Å². The fraction of sp³-hybridized carbons (Fsp3) is 0.250. The smallest absolute Gasteiger partial charge is 0.0456 e. The van der Waals surface area contributed by atoms with Gasteiger partial charge in [0.15, 0.2) is 0 Å². The third-order valence-electron chi connectivity index (χ3n) is 3.49. The Labute approximate surface area is 117 Å². The van der Waals surface area contributed by atoms with Gasteiger partial charge >= 0.3 is 0 Å². The molecule has 2 nitrogen and oxygen atoms in total. The van der Waals surface area contributed by atoms with Gasteiger partial charge in [-0.25, -0.2) is 0 Å². The van der Waals surface area contributed by atoms with Crippen molar-refractivity contribution in [1.29, 1.82) is 0 Å². The van der Waals surface area contributed by atoms with Gasteiger partial charge in [0.2, 0.25) is 0 Å². The van der Waals surface area contributed by atoms with Crippen LogP contribution in [-0.4, -0.2) is 11.5 Å². The second-order valence-corrected chi connectivity index (χ2v) is 5.78. The fourth-order valence-corrected chi connectivity index (χ4v) is 3.16. The van der Waals surface area contributed by atoms with E-state index in [0.717, 1.165) is 13.0 Å². The molecule has 1 atom stereocenters. The van der Waals surface area contributed by atoms with Crippen LogP contribution in [0, 0.1) is 0 Å². The molecule has 0 aliphatic heterocycles. The van der Waals surface area contributed by atoms with Crippen molar-refractivity contribution in [1.82, 2.24) is 10.3 Å². The maximum Gasteiger partial charge on any atom is 0.0456 e. The first kappa shape index (κ1) is 12.5. The number of thiophene rings is 1. The zero-order chi connectivity index (χ0) is 13.1. The molecule has 2 N–H and O–H groups in total. The minimum absolute atomic E-state index is 0.435. The molecule has 3 rings (SSSR count). The Morgan fingerprint density at radius 3 is 2.95 bits per heavy atom. The van der Waals surface area contributed by atoms with Crippen molar-refractivity contribution >= 4 is 22.2 Å². The molecule has 2 heterocycles. The van der Waals surface area contributed by atoms with Gasteiger partial charge in [-0.15, -0.1) is 11.3 Å². The molecule has 0 spiro atoms. The monoisotopic (exact) mass is 270 g/mol. The molecular weight excluding hydrogens is 252 g/mol. The van der Waals surface area contributed by atoms with Crippen LogP contribution in [0.4, 0.5) is 0 Å². The second kappa shape index (κ2) is 5.59. The number of hydrogen-bond acceptors (Lipinski definition) is 2. The molecule has 0 saturated carbocycles. The summed E-state index contributed by atoms with van der Waals surface area (Å²) in [6.07, 6.45) is 3.18. The van der Waals surface area contributed by atoms with Crippen LogP contribution in [0.15, 0.2) is 48.0 Å². The van der Waals surface area contributed by atoms with Gasteiger partial charge in [0.25, 0.3) is 0 Å². The van der Waals surface area contributed by atoms with Gasteiger partial charge in [-0.2, -0.15) is 0 Å². The lowest BCUT2D eigenvalue weighted by Gasteiger charge is -2.11. The topological polar surface area (TPSA) is 27.8 Å². The van der Waals surface area contributed by atoms with Gasteiger partial charge in [-0.3, -0.25) is 0 Å². The van der Waals surface area contributed by atoms with E-state index in [1.54, 1.807) is 0 Å². The third kappa shape index (κ3) is 2.72. The first-order chi connectivity index (χ1) is 9.34. The van der Waals surface area contributed by atoms with Gasteiger partial charge in [-0.1, -0.05) is 24.3 Å². The Morgan fingerprint density at radius 1 is 1.21 bits per heavy atom. The van der Waals surface area contributed by atoms with Gasteiger partial charge in [0.05, 0.1) is 0 Å². The second-order valence-electron chi connectivity index (χ2n) is 4.80. The number of fused-ring (bicyclic) bond motifs is 1. The van der Waals surface area contributed by atoms with E-state index in [-0.39, 0.29) is 0 Å². The number of aromatic amines is 1. The van der Waals surface area contributed by atoms with E-state index >= 15 is 0 Å². The normalized spacial score (nSPS) is 12.9. The number of hydrogen-bond donors (Lipinski definition) is 2. The highest BCUT2D eigenvalue weighted by molar-refractivity contribution is 7.10. The standard InChI is InChI=1S/C16H18N2S/c1-12(16-7-4-10-19-16)17-9-8-13-11-18-15-6-3-2-5-14(13)15/h2-7,10-12,17-18H,8-9H2,1H3. The lowest BCUT2D eigenvalue weighted by Crippen LogP contribution is -2.20. The Bertz CT molecular complexity index is 640. The molecule has 0 saturated heterocycles. The molecule has 0 aliphatic carbocycles. The van der Waals surface area contributed by atoms with Crippen LogP contribution in [0.2, 0.25) is 0 Å². The fourth-order valence-electron chi connectivity index (χ4n) is 2.40.